The van der Waals surface area contributed by atoms with E-state index in [1.54, 1.807) is 6.07 Å². The lowest BCUT2D eigenvalue weighted by Gasteiger charge is -2.15. The van der Waals surface area contributed by atoms with Crippen molar-refractivity contribution >= 4 is 23.2 Å². The van der Waals surface area contributed by atoms with Gasteiger partial charge in [-0.3, -0.25) is 5.32 Å². The zero-order chi connectivity index (χ0) is 11.3. The largest absolute Gasteiger partial charge is 0.298 e. The molecule has 1 aromatic rings. The molecule has 0 bridgehead atoms. The first-order chi connectivity index (χ1) is 7.19. The third-order valence-electron chi connectivity index (χ3n) is 2.18. The monoisotopic (exact) mass is 242 g/mol. The molecule has 80 valence electrons. The summed E-state index contributed by atoms with van der Waals surface area (Å²) in [4.78, 5) is 0. The molecule has 1 N–H and O–H groups in total. The van der Waals surface area contributed by atoms with Crippen LogP contribution in [-0.4, -0.2) is 6.54 Å². The second kappa shape index (κ2) is 5.97. The molecule has 0 saturated heterocycles. The molecule has 0 spiro atoms. The molecule has 1 rings (SSSR count). The Hall–Kier alpha value is -0.750. The van der Waals surface area contributed by atoms with Gasteiger partial charge in [0.05, 0.1) is 22.7 Å². The van der Waals surface area contributed by atoms with Crippen molar-refractivity contribution in [3.63, 3.8) is 0 Å². The Balaban J connectivity index is 2.83. The van der Waals surface area contributed by atoms with Crippen molar-refractivity contribution in [2.75, 3.05) is 6.54 Å². The minimum atomic E-state index is 0.152. The SMILES string of the molecule is CC[C@@H](NCC#N)c1ccc(Cl)c(Cl)c1. The first-order valence-electron chi connectivity index (χ1n) is 4.74. The molecule has 0 radical (unpaired) electrons. The van der Waals surface area contributed by atoms with Crippen molar-refractivity contribution in [2.24, 2.45) is 0 Å². The summed E-state index contributed by atoms with van der Waals surface area (Å²) in [5, 5.41) is 12.7. The van der Waals surface area contributed by atoms with E-state index in [1.807, 2.05) is 12.1 Å². The van der Waals surface area contributed by atoms with Crippen LogP contribution in [0, 0.1) is 11.3 Å². The Morgan fingerprint density at radius 1 is 1.40 bits per heavy atom. The van der Waals surface area contributed by atoms with Gasteiger partial charge in [-0.2, -0.15) is 5.26 Å². The van der Waals surface area contributed by atoms with Gasteiger partial charge in [-0.25, -0.2) is 0 Å². The van der Waals surface area contributed by atoms with Crippen LogP contribution in [0.2, 0.25) is 10.0 Å². The fraction of sp³-hybridized carbons (Fsp3) is 0.364. The molecule has 0 amide bonds. The molecule has 0 heterocycles. The van der Waals surface area contributed by atoms with Crippen LogP contribution in [0.25, 0.3) is 0 Å². The van der Waals surface area contributed by atoms with Gasteiger partial charge in [-0.1, -0.05) is 36.2 Å². The molecule has 1 aromatic carbocycles. The predicted octanol–water partition coefficient (Wildman–Crippen LogP) is 3.56. The molecule has 0 aliphatic heterocycles. The zero-order valence-corrected chi connectivity index (χ0v) is 9.94. The number of nitrogens with zero attached hydrogens (tertiary/aromatic N) is 1. The lowest BCUT2D eigenvalue weighted by Crippen LogP contribution is -2.20. The molecule has 4 heteroatoms. The maximum absolute atomic E-state index is 8.50. The summed E-state index contributed by atoms with van der Waals surface area (Å²) in [6, 6.07) is 7.74. The lowest BCUT2D eigenvalue weighted by atomic mass is 10.0. The first-order valence-corrected chi connectivity index (χ1v) is 5.50. The summed E-state index contributed by atoms with van der Waals surface area (Å²) in [5.41, 5.74) is 1.06. The van der Waals surface area contributed by atoms with Crippen molar-refractivity contribution in [1.29, 1.82) is 5.26 Å². The van der Waals surface area contributed by atoms with Crippen molar-refractivity contribution < 1.29 is 0 Å². The summed E-state index contributed by atoms with van der Waals surface area (Å²) in [5.74, 6) is 0. The summed E-state index contributed by atoms with van der Waals surface area (Å²) < 4.78 is 0. The first kappa shape index (κ1) is 12.3. The van der Waals surface area contributed by atoms with E-state index in [1.165, 1.54) is 0 Å². The van der Waals surface area contributed by atoms with E-state index in [9.17, 15) is 0 Å². The number of nitrogens with one attached hydrogen (secondary N) is 1. The van der Waals surface area contributed by atoms with E-state index in [0.717, 1.165) is 12.0 Å². The minimum Gasteiger partial charge on any atom is -0.298 e. The molecule has 0 unspecified atom stereocenters. The molecule has 2 nitrogen and oxygen atoms in total. The van der Waals surface area contributed by atoms with Gasteiger partial charge >= 0.3 is 0 Å². The van der Waals surface area contributed by atoms with Gasteiger partial charge < -0.3 is 0 Å². The van der Waals surface area contributed by atoms with E-state index in [4.69, 9.17) is 28.5 Å². The van der Waals surface area contributed by atoms with Crippen LogP contribution < -0.4 is 5.32 Å². The van der Waals surface area contributed by atoms with Crippen LogP contribution in [0.5, 0.6) is 0 Å². The van der Waals surface area contributed by atoms with E-state index in [-0.39, 0.29) is 6.04 Å². The van der Waals surface area contributed by atoms with Crippen molar-refractivity contribution in [2.45, 2.75) is 19.4 Å². The summed E-state index contributed by atoms with van der Waals surface area (Å²) in [7, 11) is 0. The van der Waals surface area contributed by atoms with Crippen LogP contribution in [-0.2, 0) is 0 Å². The third-order valence-corrected chi connectivity index (χ3v) is 2.92. The summed E-state index contributed by atoms with van der Waals surface area (Å²) in [6.07, 6.45) is 0.902. The molecule has 0 saturated carbocycles. The second-order valence-electron chi connectivity index (χ2n) is 3.17. The quantitative estimate of drug-likeness (QED) is 0.820. The van der Waals surface area contributed by atoms with Crippen LogP contribution in [0.3, 0.4) is 0 Å². The lowest BCUT2D eigenvalue weighted by molar-refractivity contribution is 0.554. The molecular formula is C11H12Cl2N2. The number of halogens is 2. The van der Waals surface area contributed by atoms with Gasteiger partial charge in [0.1, 0.15) is 0 Å². The number of hydrogen-bond acceptors (Lipinski definition) is 2. The van der Waals surface area contributed by atoms with Crippen LogP contribution in [0.1, 0.15) is 24.9 Å². The number of nitriles is 1. The third kappa shape index (κ3) is 3.39. The van der Waals surface area contributed by atoms with Crippen LogP contribution in [0.15, 0.2) is 18.2 Å². The fourth-order valence-electron chi connectivity index (χ4n) is 1.40. The summed E-state index contributed by atoms with van der Waals surface area (Å²) >= 11 is 11.8. The maximum Gasteiger partial charge on any atom is 0.0845 e. The molecule has 0 fully saturated rings. The molecule has 0 aliphatic rings. The molecular weight excluding hydrogens is 231 g/mol. The highest BCUT2D eigenvalue weighted by molar-refractivity contribution is 6.42. The normalized spacial score (nSPS) is 12.1. The Bertz CT molecular complexity index is 371. The van der Waals surface area contributed by atoms with Gasteiger partial charge in [0, 0.05) is 6.04 Å². The number of benzene rings is 1. The Morgan fingerprint density at radius 3 is 2.67 bits per heavy atom. The zero-order valence-electron chi connectivity index (χ0n) is 8.43. The Labute approximate surface area is 99.8 Å². The van der Waals surface area contributed by atoms with Crippen LogP contribution >= 0.6 is 23.2 Å². The summed E-state index contributed by atoms with van der Waals surface area (Å²) in [6.45, 7) is 2.39. The van der Waals surface area contributed by atoms with Crippen molar-refractivity contribution in [3.8, 4) is 6.07 Å². The molecule has 1 atom stereocenters. The fourth-order valence-corrected chi connectivity index (χ4v) is 1.70. The van der Waals surface area contributed by atoms with Crippen molar-refractivity contribution in [3.05, 3.63) is 33.8 Å². The van der Waals surface area contributed by atoms with Gasteiger partial charge in [0.25, 0.3) is 0 Å². The number of rotatable bonds is 4. The van der Waals surface area contributed by atoms with E-state index >= 15 is 0 Å². The minimum absolute atomic E-state index is 0.152. The highest BCUT2D eigenvalue weighted by Gasteiger charge is 2.09. The highest BCUT2D eigenvalue weighted by Crippen LogP contribution is 2.26. The average Bonchev–Trinajstić information content (AvgIpc) is 2.24. The standard InChI is InChI=1S/C11H12Cl2N2/c1-2-11(15-6-5-14)8-3-4-9(12)10(13)7-8/h3-4,7,11,15H,2,6H2,1H3/t11-/m1/s1. The Morgan fingerprint density at radius 2 is 2.13 bits per heavy atom. The van der Waals surface area contributed by atoms with E-state index < -0.39 is 0 Å². The predicted molar refractivity (Wildman–Crippen MR) is 63.1 cm³/mol. The smallest absolute Gasteiger partial charge is 0.0845 e. The number of hydrogen-bond donors (Lipinski definition) is 1. The van der Waals surface area contributed by atoms with Gasteiger partial charge in [-0.15, -0.1) is 0 Å². The van der Waals surface area contributed by atoms with Crippen LogP contribution in [0.4, 0.5) is 0 Å². The molecule has 0 aromatic heterocycles. The topological polar surface area (TPSA) is 35.8 Å². The second-order valence-corrected chi connectivity index (χ2v) is 3.99. The molecule has 0 aliphatic carbocycles. The van der Waals surface area contributed by atoms with Gasteiger partial charge in [0.15, 0.2) is 0 Å². The van der Waals surface area contributed by atoms with E-state index in [0.29, 0.717) is 16.6 Å². The van der Waals surface area contributed by atoms with Gasteiger partial charge in [0.2, 0.25) is 0 Å². The Kier molecular flexibility index (Phi) is 4.90. The highest BCUT2D eigenvalue weighted by atomic mass is 35.5. The maximum atomic E-state index is 8.50. The van der Waals surface area contributed by atoms with Crippen molar-refractivity contribution in [1.82, 2.24) is 5.32 Å². The average molecular weight is 243 g/mol. The molecule has 15 heavy (non-hydrogen) atoms. The van der Waals surface area contributed by atoms with E-state index in [2.05, 4.69) is 18.3 Å². The van der Waals surface area contributed by atoms with Gasteiger partial charge in [-0.05, 0) is 24.1 Å².